The van der Waals surface area contributed by atoms with E-state index in [-0.39, 0.29) is 10.9 Å². The van der Waals surface area contributed by atoms with Gasteiger partial charge < -0.3 is 14.8 Å². The van der Waals surface area contributed by atoms with Gasteiger partial charge >= 0.3 is 0 Å². The second-order valence-corrected chi connectivity index (χ2v) is 10.6. The Morgan fingerprint density at radius 1 is 0.889 bits per heavy atom. The maximum absolute atomic E-state index is 13.8. The van der Waals surface area contributed by atoms with Crippen molar-refractivity contribution in [2.75, 3.05) is 25.1 Å². The van der Waals surface area contributed by atoms with Gasteiger partial charge in [0.2, 0.25) is 5.91 Å². The van der Waals surface area contributed by atoms with E-state index in [4.69, 9.17) is 9.47 Å². The standard InChI is InChI=1S/C28H34N2O5S/c1-7-24(22-11-15-26(34-5)21(4)17-22)29-28(31)18-30(25-16-20(3)10-14-27(25)35-6)36(32,33)23-12-8-19(2)9-13-23/h8-17,24H,7,18H2,1-6H3,(H,29,31)/t24-/m0/s1. The number of sulfonamides is 1. The lowest BCUT2D eigenvalue weighted by molar-refractivity contribution is -0.120. The fraction of sp³-hybridized carbons (Fsp3) is 0.321. The first-order chi connectivity index (χ1) is 17.1. The van der Waals surface area contributed by atoms with Crippen LogP contribution in [0.2, 0.25) is 0 Å². The van der Waals surface area contributed by atoms with Gasteiger partial charge in [0.15, 0.2) is 0 Å². The highest BCUT2D eigenvalue weighted by atomic mass is 32.2. The van der Waals surface area contributed by atoms with Gasteiger partial charge in [-0.1, -0.05) is 42.8 Å². The van der Waals surface area contributed by atoms with Crippen LogP contribution in [0.4, 0.5) is 5.69 Å². The van der Waals surface area contributed by atoms with Crippen LogP contribution in [0.25, 0.3) is 0 Å². The summed E-state index contributed by atoms with van der Waals surface area (Å²) in [5.41, 5.74) is 3.96. The number of nitrogens with one attached hydrogen (secondary N) is 1. The molecule has 192 valence electrons. The predicted octanol–water partition coefficient (Wildman–Crippen LogP) is 5.09. The molecule has 3 rings (SSSR count). The number of rotatable bonds is 10. The number of nitrogens with zero attached hydrogens (tertiary/aromatic N) is 1. The van der Waals surface area contributed by atoms with Crippen LogP contribution in [0.5, 0.6) is 11.5 Å². The second kappa shape index (κ2) is 11.5. The van der Waals surface area contributed by atoms with Gasteiger partial charge in [-0.15, -0.1) is 0 Å². The van der Waals surface area contributed by atoms with Gasteiger partial charge in [-0.2, -0.15) is 0 Å². The average Bonchev–Trinajstić information content (AvgIpc) is 2.86. The number of hydrogen-bond acceptors (Lipinski definition) is 5. The molecular formula is C28H34N2O5S. The van der Waals surface area contributed by atoms with Crippen LogP contribution in [0, 0.1) is 20.8 Å². The van der Waals surface area contributed by atoms with E-state index in [0.717, 1.165) is 32.3 Å². The largest absolute Gasteiger partial charge is 0.496 e. The molecule has 0 heterocycles. The molecule has 36 heavy (non-hydrogen) atoms. The number of ether oxygens (including phenoxy) is 2. The number of aryl methyl sites for hydroxylation is 3. The van der Waals surface area contributed by atoms with Crippen LogP contribution < -0.4 is 19.1 Å². The van der Waals surface area contributed by atoms with Crippen molar-refractivity contribution < 1.29 is 22.7 Å². The van der Waals surface area contributed by atoms with Gasteiger partial charge in [-0.25, -0.2) is 8.42 Å². The third-order valence-electron chi connectivity index (χ3n) is 6.06. The molecule has 0 aliphatic carbocycles. The van der Waals surface area contributed by atoms with E-state index in [1.165, 1.54) is 7.11 Å². The SMILES string of the molecule is CC[C@H](NC(=O)CN(c1cc(C)ccc1OC)S(=O)(=O)c1ccc(C)cc1)c1ccc(OC)c(C)c1. The Labute approximate surface area is 214 Å². The van der Waals surface area contributed by atoms with E-state index in [0.29, 0.717) is 17.9 Å². The lowest BCUT2D eigenvalue weighted by Crippen LogP contribution is -2.42. The van der Waals surface area contributed by atoms with Gasteiger partial charge in [0.1, 0.15) is 18.0 Å². The van der Waals surface area contributed by atoms with Crippen LogP contribution in [0.3, 0.4) is 0 Å². The average molecular weight is 511 g/mol. The van der Waals surface area contributed by atoms with E-state index in [2.05, 4.69) is 5.32 Å². The van der Waals surface area contributed by atoms with Crippen LogP contribution in [0.1, 0.15) is 41.6 Å². The predicted molar refractivity (Wildman–Crippen MR) is 142 cm³/mol. The highest BCUT2D eigenvalue weighted by molar-refractivity contribution is 7.92. The maximum Gasteiger partial charge on any atom is 0.264 e. The Morgan fingerprint density at radius 3 is 2.08 bits per heavy atom. The molecule has 3 aromatic carbocycles. The topological polar surface area (TPSA) is 84.9 Å². The summed E-state index contributed by atoms with van der Waals surface area (Å²) in [5.74, 6) is 0.707. The molecule has 1 atom stereocenters. The first kappa shape index (κ1) is 27.1. The maximum atomic E-state index is 13.8. The van der Waals surface area contributed by atoms with Crippen LogP contribution >= 0.6 is 0 Å². The third kappa shape index (κ3) is 5.99. The summed E-state index contributed by atoms with van der Waals surface area (Å²) in [7, 11) is -0.971. The molecule has 0 aliphatic heterocycles. The van der Waals surface area contributed by atoms with Crippen molar-refractivity contribution in [3.63, 3.8) is 0 Å². The molecule has 3 aromatic rings. The number of benzene rings is 3. The number of anilines is 1. The molecule has 0 saturated heterocycles. The molecule has 0 saturated carbocycles. The summed E-state index contributed by atoms with van der Waals surface area (Å²) in [4.78, 5) is 13.4. The van der Waals surface area contributed by atoms with Gasteiger partial charge in [-0.3, -0.25) is 9.10 Å². The molecule has 0 aliphatic rings. The molecule has 7 nitrogen and oxygen atoms in total. The zero-order valence-corrected chi connectivity index (χ0v) is 22.5. The molecule has 1 N–H and O–H groups in total. The summed E-state index contributed by atoms with van der Waals surface area (Å²) >= 11 is 0. The molecule has 8 heteroatoms. The number of hydrogen-bond donors (Lipinski definition) is 1. The molecular weight excluding hydrogens is 476 g/mol. The summed E-state index contributed by atoms with van der Waals surface area (Å²) in [5, 5.41) is 3.01. The van der Waals surface area contributed by atoms with Gasteiger partial charge in [0.05, 0.1) is 30.8 Å². The molecule has 1 amide bonds. The van der Waals surface area contributed by atoms with Gasteiger partial charge in [0.25, 0.3) is 10.0 Å². The summed E-state index contributed by atoms with van der Waals surface area (Å²) in [6, 6.07) is 17.3. The van der Waals surface area contributed by atoms with E-state index in [1.54, 1.807) is 43.5 Å². The minimum atomic E-state index is -4.06. The number of amides is 1. The third-order valence-corrected chi connectivity index (χ3v) is 7.84. The summed E-state index contributed by atoms with van der Waals surface area (Å²) in [6.45, 7) is 7.25. The Kier molecular flexibility index (Phi) is 8.63. The molecule has 0 fully saturated rings. The van der Waals surface area contributed by atoms with Crippen molar-refractivity contribution in [1.29, 1.82) is 0 Å². The molecule has 0 radical (unpaired) electrons. The van der Waals surface area contributed by atoms with Crippen molar-refractivity contribution in [2.24, 2.45) is 0 Å². The van der Waals surface area contributed by atoms with Crippen LogP contribution in [-0.2, 0) is 14.8 Å². The fourth-order valence-electron chi connectivity index (χ4n) is 4.04. The first-order valence-corrected chi connectivity index (χ1v) is 13.2. The fourth-order valence-corrected chi connectivity index (χ4v) is 5.47. The van der Waals surface area contributed by atoms with Crippen LogP contribution in [0.15, 0.2) is 65.6 Å². The zero-order valence-electron chi connectivity index (χ0n) is 21.7. The monoisotopic (exact) mass is 510 g/mol. The van der Waals surface area contributed by atoms with Crippen LogP contribution in [-0.4, -0.2) is 35.1 Å². The minimum Gasteiger partial charge on any atom is -0.496 e. The summed E-state index contributed by atoms with van der Waals surface area (Å²) < 4.78 is 39.5. The van der Waals surface area contributed by atoms with Crippen molar-refractivity contribution in [2.45, 2.75) is 45.1 Å². The number of methoxy groups -OCH3 is 2. The van der Waals surface area contributed by atoms with Crippen molar-refractivity contribution in [1.82, 2.24) is 5.32 Å². The second-order valence-electron chi connectivity index (χ2n) is 8.76. The zero-order chi connectivity index (χ0) is 26.5. The first-order valence-electron chi connectivity index (χ1n) is 11.8. The highest BCUT2D eigenvalue weighted by Gasteiger charge is 2.30. The van der Waals surface area contributed by atoms with E-state index in [9.17, 15) is 13.2 Å². The van der Waals surface area contributed by atoms with Crippen molar-refractivity contribution in [3.05, 3.63) is 82.9 Å². The van der Waals surface area contributed by atoms with Gasteiger partial charge in [-0.05, 0) is 74.2 Å². The van der Waals surface area contributed by atoms with E-state index in [1.807, 2.05) is 52.0 Å². The highest BCUT2D eigenvalue weighted by Crippen LogP contribution is 2.33. The smallest absolute Gasteiger partial charge is 0.264 e. The quantitative estimate of drug-likeness (QED) is 0.411. The lowest BCUT2D eigenvalue weighted by atomic mass is 10.0. The Morgan fingerprint density at radius 2 is 1.50 bits per heavy atom. The Bertz CT molecular complexity index is 1320. The molecule has 0 aromatic heterocycles. The Balaban J connectivity index is 1.98. The lowest BCUT2D eigenvalue weighted by Gasteiger charge is -2.27. The Hall–Kier alpha value is -3.52. The minimum absolute atomic E-state index is 0.0993. The normalized spacial score (nSPS) is 12.1. The van der Waals surface area contributed by atoms with Crippen molar-refractivity contribution >= 4 is 21.6 Å². The molecule has 0 bridgehead atoms. The van der Waals surface area contributed by atoms with Gasteiger partial charge in [0, 0.05) is 0 Å². The number of carbonyl (C=O) groups excluding carboxylic acids is 1. The summed E-state index contributed by atoms with van der Waals surface area (Å²) in [6.07, 6.45) is 0.635. The molecule has 0 spiro atoms. The van der Waals surface area contributed by atoms with E-state index >= 15 is 0 Å². The molecule has 0 unspecified atom stereocenters. The van der Waals surface area contributed by atoms with Crippen molar-refractivity contribution in [3.8, 4) is 11.5 Å². The van der Waals surface area contributed by atoms with E-state index < -0.39 is 22.5 Å². The number of carbonyl (C=O) groups is 1.